The summed E-state index contributed by atoms with van der Waals surface area (Å²) in [6.45, 7) is 4.00. The average Bonchev–Trinajstić information content (AvgIpc) is 2.50. The average molecular weight is 203 g/mol. The highest BCUT2D eigenvalue weighted by atomic mass is 19.3. The molecule has 1 rings (SSSR count). The van der Waals surface area contributed by atoms with Crippen LogP contribution < -0.4 is 5.73 Å². The molecule has 3 nitrogen and oxygen atoms in total. The van der Waals surface area contributed by atoms with Gasteiger partial charge in [0.2, 0.25) is 0 Å². The predicted molar refractivity (Wildman–Crippen MR) is 50.2 cm³/mol. The Bertz CT molecular complexity index is 294. The van der Waals surface area contributed by atoms with Crippen LogP contribution in [0.2, 0.25) is 0 Å². The van der Waals surface area contributed by atoms with Crippen LogP contribution in [0.4, 0.5) is 8.78 Å². The van der Waals surface area contributed by atoms with E-state index in [0.29, 0.717) is 6.54 Å². The van der Waals surface area contributed by atoms with E-state index >= 15 is 0 Å². The molecule has 0 saturated heterocycles. The molecule has 80 valence electrons. The topological polar surface area (TPSA) is 43.8 Å². The first-order chi connectivity index (χ1) is 6.47. The molecule has 1 heterocycles. The van der Waals surface area contributed by atoms with Gasteiger partial charge < -0.3 is 10.3 Å². The molecule has 0 spiro atoms. The number of nitrogens with two attached hydrogens (primary N) is 1. The van der Waals surface area contributed by atoms with Crippen molar-refractivity contribution in [3.05, 3.63) is 18.2 Å². The molecule has 0 aliphatic rings. The number of hydrogen-bond donors (Lipinski definition) is 1. The number of imidazole rings is 1. The molecule has 2 N–H and O–H groups in total. The molecule has 0 aliphatic heterocycles. The maximum atomic E-state index is 12.5. The second kappa shape index (κ2) is 4.04. The number of hydrogen-bond acceptors (Lipinski definition) is 2. The molecule has 0 saturated carbocycles. The van der Waals surface area contributed by atoms with Crippen molar-refractivity contribution in [1.82, 2.24) is 9.55 Å². The maximum Gasteiger partial charge on any atom is 0.256 e. The minimum Gasteiger partial charge on any atom is -0.335 e. The highest BCUT2D eigenvalue weighted by molar-refractivity contribution is 5.05. The van der Waals surface area contributed by atoms with E-state index in [1.807, 2.05) is 11.5 Å². The third-order valence-corrected chi connectivity index (χ3v) is 2.20. The molecule has 14 heavy (non-hydrogen) atoms. The summed E-state index contributed by atoms with van der Waals surface area (Å²) in [4.78, 5) is 3.90. The van der Waals surface area contributed by atoms with Crippen LogP contribution in [0.15, 0.2) is 12.5 Å². The van der Waals surface area contributed by atoms with Gasteiger partial charge in [0, 0.05) is 24.9 Å². The first-order valence-electron chi connectivity index (χ1n) is 4.53. The van der Waals surface area contributed by atoms with Crippen molar-refractivity contribution in [2.75, 3.05) is 0 Å². The molecule has 0 bridgehead atoms. The second-order valence-corrected chi connectivity index (χ2v) is 3.65. The first kappa shape index (κ1) is 11.1. The Balaban J connectivity index is 2.78. The third kappa shape index (κ3) is 2.29. The molecule has 1 unspecified atom stereocenters. The van der Waals surface area contributed by atoms with Crippen LogP contribution in [-0.2, 0) is 13.0 Å². The minimum atomic E-state index is -2.53. The molecular formula is C9H15F2N3. The van der Waals surface area contributed by atoms with Crippen LogP contribution in [0.25, 0.3) is 0 Å². The van der Waals surface area contributed by atoms with Gasteiger partial charge in [0.05, 0.1) is 11.9 Å². The van der Waals surface area contributed by atoms with E-state index in [4.69, 9.17) is 5.73 Å². The molecule has 1 aromatic heterocycles. The Hall–Kier alpha value is -0.970. The highest BCUT2D eigenvalue weighted by Crippen LogP contribution is 2.17. The van der Waals surface area contributed by atoms with Gasteiger partial charge in [0.15, 0.2) is 0 Å². The summed E-state index contributed by atoms with van der Waals surface area (Å²) in [5, 5.41) is 0. The van der Waals surface area contributed by atoms with Crippen molar-refractivity contribution in [3.8, 4) is 0 Å². The third-order valence-electron chi connectivity index (χ3n) is 2.20. The van der Waals surface area contributed by atoms with Crippen molar-refractivity contribution >= 4 is 0 Å². The molecule has 0 amide bonds. The van der Waals surface area contributed by atoms with Gasteiger partial charge in [0.25, 0.3) is 6.43 Å². The quantitative estimate of drug-likeness (QED) is 0.804. The molecule has 0 aromatic carbocycles. The van der Waals surface area contributed by atoms with Crippen LogP contribution in [0, 0.1) is 0 Å². The van der Waals surface area contributed by atoms with Crippen LogP contribution in [0.1, 0.15) is 19.5 Å². The van der Waals surface area contributed by atoms with Gasteiger partial charge in [0.1, 0.15) is 0 Å². The van der Waals surface area contributed by atoms with Crippen molar-refractivity contribution in [2.45, 2.75) is 38.8 Å². The van der Waals surface area contributed by atoms with Gasteiger partial charge in [-0.3, -0.25) is 0 Å². The van der Waals surface area contributed by atoms with Gasteiger partial charge in [-0.15, -0.1) is 0 Å². The summed E-state index contributed by atoms with van der Waals surface area (Å²) in [5.74, 6) is 0. The van der Waals surface area contributed by atoms with Crippen LogP contribution in [0.3, 0.4) is 0 Å². The van der Waals surface area contributed by atoms with Crippen molar-refractivity contribution in [2.24, 2.45) is 5.73 Å². The fourth-order valence-corrected chi connectivity index (χ4v) is 1.25. The summed E-state index contributed by atoms with van der Waals surface area (Å²) in [5.41, 5.74) is 4.75. The van der Waals surface area contributed by atoms with E-state index in [9.17, 15) is 8.78 Å². The molecule has 0 aliphatic carbocycles. The number of nitrogens with zero attached hydrogens (tertiary/aromatic N) is 2. The van der Waals surface area contributed by atoms with E-state index in [1.165, 1.54) is 6.92 Å². The van der Waals surface area contributed by atoms with Gasteiger partial charge in [-0.25, -0.2) is 13.8 Å². The lowest BCUT2D eigenvalue weighted by Gasteiger charge is -2.23. The zero-order valence-corrected chi connectivity index (χ0v) is 8.37. The summed E-state index contributed by atoms with van der Waals surface area (Å²) in [6.07, 6.45) is 0.814. The lowest BCUT2D eigenvalue weighted by Crippen LogP contribution is -2.46. The maximum absolute atomic E-state index is 12.5. The Morgan fingerprint density at radius 2 is 2.29 bits per heavy atom. The fourth-order valence-electron chi connectivity index (χ4n) is 1.25. The number of aromatic nitrogens is 2. The largest absolute Gasteiger partial charge is 0.335 e. The van der Waals surface area contributed by atoms with Crippen LogP contribution >= 0.6 is 0 Å². The van der Waals surface area contributed by atoms with Gasteiger partial charge in [-0.1, -0.05) is 0 Å². The molecular weight excluding hydrogens is 188 g/mol. The van der Waals surface area contributed by atoms with Crippen LogP contribution in [-0.4, -0.2) is 21.5 Å². The molecule has 0 radical (unpaired) electrons. The zero-order valence-electron chi connectivity index (χ0n) is 8.37. The van der Waals surface area contributed by atoms with E-state index in [1.54, 1.807) is 12.5 Å². The summed E-state index contributed by atoms with van der Waals surface area (Å²) in [6, 6.07) is 0. The predicted octanol–water partition coefficient (Wildman–Crippen LogP) is 1.43. The van der Waals surface area contributed by atoms with Gasteiger partial charge in [-0.05, 0) is 13.8 Å². The number of halogens is 2. The molecule has 1 atom stereocenters. The monoisotopic (exact) mass is 203 g/mol. The van der Waals surface area contributed by atoms with Crippen molar-refractivity contribution in [1.29, 1.82) is 0 Å². The van der Waals surface area contributed by atoms with E-state index in [2.05, 4.69) is 4.98 Å². The number of alkyl halides is 2. The Labute approximate surface area is 81.9 Å². The van der Waals surface area contributed by atoms with Gasteiger partial charge in [-0.2, -0.15) is 0 Å². The molecule has 5 heteroatoms. The zero-order chi connectivity index (χ0) is 10.8. The highest BCUT2D eigenvalue weighted by Gasteiger charge is 2.31. The SMILES string of the molecule is CCn1cncc1CC(C)(N)C(F)F. The van der Waals surface area contributed by atoms with Crippen molar-refractivity contribution < 1.29 is 8.78 Å². The van der Waals surface area contributed by atoms with E-state index in [0.717, 1.165) is 5.69 Å². The van der Waals surface area contributed by atoms with E-state index in [-0.39, 0.29) is 6.42 Å². The Kier molecular flexibility index (Phi) is 3.21. The second-order valence-electron chi connectivity index (χ2n) is 3.65. The normalized spacial score (nSPS) is 15.9. The number of rotatable bonds is 4. The fraction of sp³-hybridized carbons (Fsp3) is 0.667. The van der Waals surface area contributed by atoms with Crippen LogP contribution in [0.5, 0.6) is 0 Å². The molecule has 1 aromatic rings. The summed E-state index contributed by atoms with van der Waals surface area (Å²) < 4.78 is 26.8. The lowest BCUT2D eigenvalue weighted by molar-refractivity contribution is 0.0629. The lowest BCUT2D eigenvalue weighted by atomic mass is 9.98. The number of aryl methyl sites for hydroxylation is 1. The first-order valence-corrected chi connectivity index (χ1v) is 4.53. The van der Waals surface area contributed by atoms with E-state index < -0.39 is 12.0 Å². The smallest absolute Gasteiger partial charge is 0.256 e. The Morgan fingerprint density at radius 3 is 2.79 bits per heavy atom. The summed E-state index contributed by atoms with van der Waals surface area (Å²) in [7, 11) is 0. The standard InChI is InChI=1S/C9H15F2N3/c1-3-14-6-13-5-7(14)4-9(2,12)8(10)11/h5-6,8H,3-4,12H2,1-2H3. The van der Waals surface area contributed by atoms with Crippen molar-refractivity contribution in [3.63, 3.8) is 0 Å². The van der Waals surface area contributed by atoms with Gasteiger partial charge >= 0.3 is 0 Å². The minimum absolute atomic E-state index is 0.137. The molecule has 0 fully saturated rings. The Morgan fingerprint density at radius 1 is 1.64 bits per heavy atom. The summed E-state index contributed by atoms with van der Waals surface area (Å²) >= 11 is 0.